The molecule has 21 heavy (non-hydrogen) atoms. The van der Waals surface area contributed by atoms with Crippen LogP contribution in [0.25, 0.3) is 0 Å². The Labute approximate surface area is 132 Å². The van der Waals surface area contributed by atoms with Gasteiger partial charge in [-0.25, -0.2) is 4.79 Å². The summed E-state index contributed by atoms with van der Waals surface area (Å²) in [5.41, 5.74) is 0. The van der Waals surface area contributed by atoms with Gasteiger partial charge in [0, 0.05) is 6.54 Å². The van der Waals surface area contributed by atoms with Crippen molar-refractivity contribution in [3.63, 3.8) is 0 Å². The van der Waals surface area contributed by atoms with Crippen LogP contribution in [0, 0.1) is 23.7 Å². The second-order valence-corrected chi connectivity index (χ2v) is 7.21. The summed E-state index contributed by atoms with van der Waals surface area (Å²) in [5, 5.41) is 6.06. The number of alkyl carbamates (subject to hydrolysis) is 1. The van der Waals surface area contributed by atoms with Gasteiger partial charge in [-0.05, 0) is 36.8 Å². The quantitative estimate of drug-likeness (QED) is 0.714. The molecule has 0 heterocycles. The Balaban J connectivity index is 0. The van der Waals surface area contributed by atoms with Crippen molar-refractivity contribution in [3.8, 4) is 0 Å². The monoisotopic (exact) mass is 302 g/mol. The minimum Gasteiger partial charge on any atom is -0.449 e. The molecule has 0 aliphatic rings. The Kier molecular flexibility index (Phi) is 15.2. The fourth-order valence-corrected chi connectivity index (χ4v) is 1.24. The van der Waals surface area contributed by atoms with Crippen molar-refractivity contribution in [2.75, 3.05) is 26.2 Å². The Morgan fingerprint density at radius 3 is 1.52 bits per heavy atom. The van der Waals surface area contributed by atoms with E-state index in [0.717, 1.165) is 24.9 Å². The van der Waals surface area contributed by atoms with Gasteiger partial charge in [0.25, 0.3) is 0 Å². The Bertz CT molecular complexity index is 217. The lowest BCUT2D eigenvalue weighted by atomic mass is 10.2. The molecule has 4 nitrogen and oxygen atoms in total. The van der Waals surface area contributed by atoms with Crippen LogP contribution in [0.4, 0.5) is 4.79 Å². The van der Waals surface area contributed by atoms with Crippen LogP contribution in [0.5, 0.6) is 0 Å². The molecule has 0 fully saturated rings. The maximum Gasteiger partial charge on any atom is 0.407 e. The first-order valence-electron chi connectivity index (χ1n) is 8.26. The van der Waals surface area contributed by atoms with Crippen molar-refractivity contribution in [3.05, 3.63) is 0 Å². The van der Waals surface area contributed by atoms with Crippen molar-refractivity contribution < 1.29 is 9.53 Å². The molecular formula is C17H38N2O2. The third-order valence-electron chi connectivity index (χ3n) is 2.31. The van der Waals surface area contributed by atoms with Crippen LogP contribution in [0.15, 0.2) is 0 Å². The zero-order chi connectivity index (χ0) is 16.8. The van der Waals surface area contributed by atoms with E-state index in [9.17, 15) is 4.79 Å². The number of carbonyl (C=O) groups excluding carboxylic acids is 1. The highest BCUT2D eigenvalue weighted by molar-refractivity contribution is 5.67. The maximum absolute atomic E-state index is 10.9. The number of hydrogen-bond donors (Lipinski definition) is 2. The van der Waals surface area contributed by atoms with Gasteiger partial charge in [-0.2, -0.15) is 0 Å². The lowest BCUT2D eigenvalue weighted by Gasteiger charge is -2.09. The van der Waals surface area contributed by atoms with Gasteiger partial charge in [-0.3, -0.25) is 0 Å². The van der Waals surface area contributed by atoms with E-state index in [4.69, 9.17) is 4.74 Å². The van der Waals surface area contributed by atoms with Gasteiger partial charge < -0.3 is 15.4 Å². The summed E-state index contributed by atoms with van der Waals surface area (Å²) < 4.78 is 4.90. The van der Waals surface area contributed by atoms with E-state index in [1.165, 1.54) is 0 Å². The number of nitrogens with one attached hydrogen (secondary N) is 2. The fraction of sp³-hybridized carbons (Fsp3) is 0.941. The molecule has 0 rings (SSSR count). The standard InChI is InChI=1S/C9H19NO2.C8H19N/c1-7(2)5-10-9(11)12-6-8(3)4;1-7(2)5-9-6-8(3)4/h7-8H,5-6H2,1-4H3,(H,10,11);7-9H,5-6H2,1-4H3. The van der Waals surface area contributed by atoms with Crippen LogP contribution in [0.1, 0.15) is 55.4 Å². The molecule has 4 heteroatoms. The third kappa shape index (κ3) is 24.6. The summed E-state index contributed by atoms with van der Waals surface area (Å²) in [6.45, 7) is 20.5. The lowest BCUT2D eigenvalue weighted by Crippen LogP contribution is -2.28. The number of amides is 1. The molecule has 0 aliphatic carbocycles. The minimum absolute atomic E-state index is 0.308. The summed E-state index contributed by atoms with van der Waals surface area (Å²) >= 11 is 0. The molecule has 0 aromatic rings. The van der Waals surface area contributed by atoms with Gasteiger partial charge in [-0.15, -0.1) is 0 Å². The topological polar surface area (TPSA) is 50.4 Å². The molecule has 2 N–H and O–H groups in total. The minimum atomic E-state index is -0.308. The molecule has 0 radical (unpaired) electrons. The molecule has 0 aliphatic heterocycles. The van der Waals surface area contributed by atoms with E-state index < -0.39 is 0 Å². The average Bonchev–Trinajstić information content (AvgIpc) is 2.33. The van der Waals surface area contributed by atoms with Crippen molar-refractivity contribution in [1.29, 1.82) is 0 Å². The summed E-state index contributed by atoms with van der Waals surface area (Å²) in [4.78, 5) is 10.9. The second-order valence-electron chi connectivity index (χ2n) is 7.21. The molecule has 0 unspecified atom stereocenters. The van der Waals surface area contributed by atoms with Gasteiger partial charge in [0.15, 0.2) is 0 Å². The molecule has 0 saturated carbocycles. The van der Waals surface area contributed by atoms with Gasteiger partial charge >= 0.3 is 6.09 Å². The highest BCUT2D eigenvalue weighted by atomic mass is 16.5. The van der Waals surface area contributed by atoms with Gasteiger partial charge in [0.2, 0.25) is 0 Å². The molecule has 128 valence electrons. The largest absolute Gasteiger partial charge is 0.449 e. The Hall–Kier alpha value is -0.770. The molecule has 0 aromatic heterocycles. The smallest absolute Gasteiger partial charge is 0.407 e. The van der Waals surface area contributed by atoms with E-state index in [0.29, 0.717) is 25.0 Å². The number of rotatable bonds is 8. The zero-order valence-corrected chi connectivity index (χ0v) is 15.5. The van der Waals surface area contributed by atoms with Crippen LogP contribution in [0.2, 0.25) is 0 Å². The SMILES string of the molecule is CC(C)CNC(=O)OCC(C)C.CC(C)CNCC(C)C. The molecule has 0 saturated heterocycles. The van der Waals surface area contributed by atoms with Gasteiger partial charge in [-0.1, -0.05) is 55.4 Å². The van der Waals surface area contributed by atoms with E-state index >= 15 is 0 Å². The normalized spacial score (nSPS) is 10.9. The van der Waals surface area contributed by atoms with Crippen LogP contribution in [-0.2, 0) is 4.74 Å². The predicted octanol–water partition coefficient (Wildman–Crippen LogP) is 3.91. The number of hydrogen-bond acceptors (Lipinski definition) is 3. The van der Waals surface area contributed by atoms with Crippen LogP contribution in [-0.4, -0.2) is 32.3 Å². The summed E-state index contributed by atoms with van der Waals surface area (Å²) in [7, 11) is 0. The summed E-state index contributed by atoms with van der Waals surface area (Å²) in [6.07, 6.45) is -0.308. The van der Waals surface area contributed by atoms with Crippen molar-refractivity contribution >= 4 is 6.09 Å². The van der Waals surface area contributed by atoms with Gasteiger partial charge in [0.1, 0.15) is 0 Å². The zero-order valence-electron chi connectivity index (χ0n) is 15.5. The van der Waals surface area contributed by atoms with E-state index in [1.807, 2.05) is 27.7 Å². The first-order valence-corrected chi connectivity index (χ1v) is 8.26. The maximum atomic E-state index is 10.9. The highest BCUT2D eigenvalue weighted by Gasteiger charge is 2.03. The van der Waals surface area contributed by atoms with E-state index in [1.54, 1.807) is 0 Å². The highest BCUT2D eigenvalue weighted by Crippen LogP contribution is 1.93. The molecule has 0 spiro atoms. The van der Waals surface area contributed by atoms with Crippen molar-refractivity contribution in [1.82, 2.24) is 10.6 Å². The van der Waals surface area contributed by atoms with E-state index in [-0.39, 0.29) is 6.09 Å². The van der Waals surface area contributed by atoms with Crippen LogP contribution in [0.3, 0.4) is 0 Å². The Morgan fingerprint density at radius 1 is 0.762 bits per heavy atom. The molecule has 0 atom stereocenters. The van der Waals surface area contributed by atoms with E-state index in [2.05, 4.69) is 38.3 Å². The average molecular weight is 303 g/mol. The predicted molar refractivity (Wildman–Crippen MR) is 91.6 cm³/mol. The van der Waals surface area contributed by atoms with Gasteiger partial charge in [0.05, 0.1) is 6.61 Å². The molecule has 1 amide bonds. The fourth-order valence-electron chi connectivity index (χ4n) is 1.24. The number of ether oxygens (including phenoxy) is 1. The molecule has 0 bridgehead atoms. The Morgan fingerprint density at radius 2 is 1.19 bits per heavy atom. The first-order chi connectivity index (χ1) is 9.65. The second kappa shape index (κ2) is 14.2. The molecular weight excluding hydrogens is 264 g/mol. The lowest BCUT2D eigenvalue weighted by molar-refractivity contribution is 0.132. The van der Waals surface area contributed by atoms with Crippen molar-refractivity contribution in [2.45, 2.75) is 55.4 Å². The van der Waals surface area contributed by atoms with Crippen LogP contribution >= 0.6 is 0 Å². The van der Waals surface area contributed by atoms with Crippen molar-refractivity contribution in [2.24, 2.45) is 23.7 Å². The summed E-state index contributed by atoms with van der Waals surface area (Å²) in [5.74, 6) is 2.43. The number of carbonyl (C=O) groups is 1. The molecule has 0 aromatic carbocycles. The first kappa shape index (κ1) is 22.5. The summed E-state index contributed by atoms with van der Waals surface area (Å²) in [6, 6.07) is 0. The third-order valence-corrected chi connectivity index (χ3v) is 2.31. The van der Waals surface area contributed by atoms with Crippen LogP contribution < -0.4 is 10.6 Å².